The van der Waals surface area contributed by atoms with Crippen LogP contribution in [-0.2, 0) is 9.59 Å². The van der Waals surface area contributed by atoms with Gasteiger partial charge < -0.3 is 19.7 Å². The van der Waals surface area contributed by atoms with Crippen molar-refractivity contribution in [1.29, 1.82) is 0 Å². The minimum absolute atomic E-state index is 0.0210. The summed E-state index contributed by atoms with van der Waals surface area (Å²) < 4.78 is 10.5. The fourth-order valence-electron chi connectivity index (χ4n) is 3.84. The van der Waals surface area contributed by atoms with Crippen molar-refractivity contribution in [1.82, 2.24) is 0 Å². The van der Waals surface area contributed by atoms with E-state index >= 15 is 0 Å². The number of phenols is 1. The molecule has 1 aliphatic heterocycles. The second kappa shape index (κ2) is 8.47. The molecule has 3 aromatic carbocycles. The third kappa shape index (κ3) is 3.54. The van der Waals surface area contributed by atoms with Crippen molar-refractivity contribution in [2.75, 3.05) is 19.1 Å². The van der Waals surface area contributed by atoms with Gasteiger partial charge in [-0.2, -0.15) is 0 Å². The number of ether oxygens (including phenoxy) is 2. The first-order valence-corrected chi connectivity index (χ1v) is 9.83. The van der Waals surface area contributed by atoms with Crippen LogP contribution in [0.1, 0.15) is 17.2 Å². The smallest absolute Gasteiger partial charge is 0.300 e. The molecule has 1 heterocycles. The Morgan fingerprint density at radius 3 is 2.25 bits per heavy atom. The SMILES string of the molecule is COc1ccc(/C(O)=C2/C(=O)C(=O)N(c3ccccc3)C2c2cccc(O)c2)cc1OC. The Labute approximate surface area is 184 Å². The van der Waals surface area contributed by atoms with Crippen molar-refractivity contribution < 1.29 is 29.3 Å². The maximum Gasteiger partial charge on any atom is 0.300 e. The first-order chi connectivity index (χ1) is 15.5. The minimum atomic E-state index is -0.933. The van der Waals surface area contributed by atoms with Crippen molar-refractivity contribution >= 4 is 23.1 Å². The normalized spacial score (nSPS) is 17.4. The Morgan fingerprint density at radius 2 is 1.59 bits per heavy atom. The summed E-state index contributed by atoms with van der Waals surface area (Å²) in [4.78, 5) is 27.5. The summed E-state index contributed by atoms with van der Waals surface area (Å²) in [5.41, 5.74) is 1.18. The van der Waals surface area contributed by atoms with Gasteiger partial charge in [0.25, 0.3) is 11.7 Å². The zero-order chi connectivity index (χ0) is 22.8. The molecule has 3 aromatic rings. The molecule has 32 heavy (non-hydrogen) atoms. The average Bonchev–Trinajstić information content (AvgIpc) is 3.09. The van der Waals surface area contributed by atoms with E-state index in [4.69, 9.17) is 9.47 Å². The Bertz CT molecular complexity index is 1220. The number of hydrogen-bond acceptors (Lipinski definition) is 6. The van der Waals surface area contributed by atoms with E-state index in [1.807, 2.05) is 0 Å². The van der Waals surface area contributed by atoms with Crippen molar-refractivity contribution in [2.24, 2.45) is 0 Å². The van der Waals surface area contributed by atoms with Gasteiger partial charge in [0.15, 0.2) is 11.5 Å². The molecule has 1 aliphatic rings. The molecule has 1 fully saturated rings. The number of methoxy groups -OCH3 is 2. The lowest BCUT2D eigenvalue weighted by atomic mass is 9.95. The van der Waals surface area contributed by atoms with Crippen LogP contribution in [0.15, 0.2) is 78.4 Å². The highest BCUT2D eigenvalue weighted by Gasteiger charge is 2.47. The predicted octanol–water partition coefficient (Wildman–Crippen LogP) is 4.04. The monoisotopic (exact) mass is 431 g/mol. The number of benzene rings is 3. The fraction of sp³-hybridized carbons (Fsp3) is 0.120. The van der Waals surface area contributed by atoms with Crippen LogP contribution in [0, 0.1) is 0 Å². The highest BCUT2D eigenvalue weighted by Crippen LogP contribution is 2.43. The average molecular weight is 431 g/mol. The number of carbonyl (C=O) groups excluding carboxylic acids is 2. The molecule has 0 aromatic heterocycles. The largest absolute Gasteiger partial charge is 0.508 e. The number of hydrogen-bond donors (Lipinski definition) is 2. The number of rotatable bonds is 5. The van der Waals surface area contributed by atoms with Crippen LogP contribution < -0.4 is 14.4 Å². The van der Waals surface area contributed by atoms with Crippen molar-refractivity contribution in [3.05, 3.63) is 89.5 Å². The van der Waals surface area contributed by atoms with Gasteiger partial charge in [-0.05, 0) is 48.0 Å². The zero-order valence-corrected chi connectivity index (χ0v) is 17.5. The number of phenolic OH excluding ortho intramolecular Hbond substituents is 1. The molecule has 1 saturated heterocycles. The van der Waals surface area contributed by atoms with Crippen LogP contribution in [-0.4, -0.2) is 36.1 Å². The molecule has 1 amide bonds. The molecule has 1 unspecified atom stereocenters. The summed E-state index contributed by atoms with van der Waals surface area (Å²) in [6, 6.07) is 18.8. The summed E-state index contributed by atoms with van der Waals surface area (Å²) >= 11 is 0. The van der Waals surface area contributed by atoms with Gasteiger partial charge in [0.05, 0.1) is 25.8 Å². The number of nitrogens with zero attached hydrogens (tertiary/aromatic N) is 1. The van der Waals surface area contributed by atoms with Gasteiger partial charge in [0.1, 0.15) is 11.5 Å². The van der Waals surface area contributed by atoms with E-state index in [1.54, 1.807) is 54.6 Å². The Hall–Kier alpha value is -4.26. The topological polar surface area (TPSA) is 96.3 Å². The van der Waals surface area contributed by atoms with Crippen LogP contribution in [0.5, 0.6) is 17.2 Å². The lowest BCUT2D eigenvalue weighted by molar-refractivity contribution is -0.132. The van der Waals surface area contributed by atoms with Crippen LogP contribution in [0.4, 0.5) is 5.69 Å². The third-order valence-electron chi connectivity index (χ3n) is 5.32. The van der Waals surface area contributed by atoms with E-state index in [9.17, 15) is 19.8 Å². The Balaban J connectivity index is 1.94. The van der Waals surface area contributed by atoms with E-state index in [1.165, 1.54) is 37.3 Å². The standard InChI is InChI=1S/C25H21NO6/c1-31-19-12-11-16(14-20(19)32-2)23(28)21-22(15-7-6-10-18(27)13-15)26(25(30)24(21)29)17-8-4-3-5-9-17/h3-14,22,27-28H,1-2H3/b23-21-. The van der Waals surface area contributed by atoms with Gasteiger partial charge in [-0.1, -0.05) is 30.3 Å². The second-order valence-corrected chi connectivity index (χ2v) is 7.17. The highest BCUT2D eigenvalue weighted by molar-refractivity contribution is 6.51. The summed E-state index contributed by atoms with van der Waals surface area (Å²) in [6.45, 7) is 0. The number of aliphatic hydroxyl groups is 1. The summed E-state index contributed by atoms with van der Waals surface area (Å²) in [6.07, 6.45) is 0. The lowest BCUT2D eigenvalue weighted by Gasteiger charge is -2.25. The first kappa shape index (κ1) is 21.0. The van der Waals surface area contributed by atoms with Gasteiger partial charge in [0.2, 0.25) is 0 Å². The molecule has 7 nitrogen and oxygen atoms in total. The zero-order valence-electron chi connectivity index (χ0n) is 17.5. The summed E-state index contributed by atoms with van der Waals surface area (Å²) in [5.74, 6) is -1.15. The Morgan fingerprint density at radius 1 is 0.875 bits per heavy atom. The third-order valence-corrected chi connectivity index (χ3v) is 5.32. The summed E-state index contributed by atoms with van der Waals surface area (Å²) in [7, 11) is 2.95. The first-order valence-electron chi connectivity index (χ1n) is 9.83. The van der Waals surface area contributed by atoms with Crippen LogP contribution in [0.3, 0.4) is 0 Å². The molecular formula is C25H21NO6. The molecule has 0 radical (unpaired) electrons. The molecule has 1 atom stereocenters. The van der Waals surface area contributed by atoms with Gasteiger partial charge in [-0.3, -0.25) is 14.5 Å². The van der Waals surface area contributed by atoms with Gasteiger partial charge in [0, 0.05) is 11.3 Å². The van der Waals surface area contributed by atoms with Crippen molar-refractivity contribution in [3.8, 4) is 17.2 Å². The van der Waals surface area contributed by atoms with Gasteiger partial charge in [-0.15, -0.1) is 0 Å². The number of ketones is 1. The number of Topliss-reactive ketones (excluding diaryl/α,β-unsaturated/α-hetero) is 1. The molecule has 2 N–H and O–H groups in total. The highest BCUT2D eigenvalue weighted by atomic mass is 16.5. The van der Waals surface area contributed by atoms with Crippen molar-refractivity contribution in [2.45, 2.75) is 6.04 Å². The van der Waals surface area contributed by atoms with E-state index in [2.05, 4.69) is 0 Å². The maximum absolute atomic E-state index is 13.1. The number of amides is 1. The molecule has 162 valence electrons. The number of carbonyl (C=O) groups is 2. The molecule has 0 spiro atoms. The molecule has 4 rings (SSSR count). The summed E-state index contributed by atoms with van der Waals surface area (Å²) in [5, 5.41) is 21.2. The number of aromatic hydroxyl groups is 1. The fourth-order valence-corrected chi connectivity index (χ4v) is 3.84. The van der Waals surface area contributed by atoms with E-state index in [0.29, 0.717) is 28.3 Å². The quantitative estimate of drug-likeness (QED) is 0.360. The molecule has 0 bridgehead atoms. The number of anilines is 1. The second-order valence-electron chi connectivity index (χ2n) is 7.17. The van der Waals surface area contributed by atoms with Crippen LogP contribution in [0.2, 0.25) is 0 Å². The predicted molar refractivity (Wildman–Crippen MR) is 119 cm³/mol. The van der Waals surface area contributed by atoms with E-state index < -0.39 is 17.7 Å². The number of aliphatic hydroxyl groups excluding tert-OH is 1. The van der Waals surface area contributed by atoms with Crippen molar-refractivity contribution in [3.63, 3.8) is 0 Å². The number of para-hydroxylation sites is 1. The van der Waals surface area contributed by atoms with Gasteiger partial charge >= 0.3 is 0 Å². The molecule has 0 saturated carbocycles. The molecule has 7 heteroatoms. The Kier molecular flexibility index (Phi) is 5.55. The van der Waals surface area contributed by atoms with Crippen LogP contribution >= 0.6 is 0 Å². The van der Waals surface area contributed by atoms with Crippen LogP contribution in [0.25, 0.3) is 5.76 Å². The van der Waals surface area contributed by atoms with E-state index in [0.717, 1.165) is 0 Å². The molecule has 0 aliphatic carbocycles. The lowest BCUT2D eigenvalue weighted by Crippen LogP contribution is -2.29. The molecular weight excluding hydrogens is 410 g/mol. The van der Waals surface area contributed by atoms with E-state index in [-0.39, 0.29) is 17.1 Å². The minimum Gasteiger partial charge on any atom is -0.508 e. The maximum atomic E-state index is 13.1. The van der Waals surface area contributed by atoms with Gasteiger partial charge in [-0.25, -0.2) is 0 Å².